The number of nitrogens with zero attached hydrogens (tertiary/aromatic N) is 1. The van der Waals surface area contributed by atoms with Gasteiger partial charge in [-0.25, -0.2) is 9.18 Å². The number of para-hydroxylation sites is 1. The molecule has 516 valence electrons. The van der Waals surface area contributed by atoms with Crippen LogP contribution < -0.4 is 59.7 Å². The summed E-state index contributed by atoms with van der Waals surface area (Å²) in [6, 6.07) is 13.5. The number of rotatable bonds is 36. The molecule has 10 amide bonds. The topological polar surface area (TPSA) is 459 Å². The third-order valence-corrected chi connectivity index (χ3v) is 16.1. The van der Waals surface area contributed by atoms with E-state index in [1.54, 1.807) is 119 Å². The number of nitrogens with two attached hydrogens (primary N) is 3. The van der Waals surface area contributed by atoms with Gasteiger partial charge in [0.15, 0.2) is 0 Å². The van der Waals surface area contributed by atoms with Crippen molar-refractivity contribution in [1.29, 1.82) is 0 Å². The molecular formula is C67H86FN13O15. The molecule has 1 unspecified atom stereocenters. The average Bonchev–Trinajstić information content (AvgIpc) is 1.62. The highest BCUT2D eigenvalue weighted by Crippen LogP contribution is 2.25. The van der Waals surface area contributed by atoms with Crippen molar-refractivity contribution in [2.75, 3.05) is 13.1 Å². The van der Waals surface area contributed by atoms with Crippen LogP contribution in [0.2, 0.25) is 0 Å². The molecule has 1 saturated heterocycles. The predicted octanol–water partition coefficient (Wildman–Crippen LogP) is 0.165. The minimum Gasteiger partial charge on any atom is -0.508 e. The zero-order valence-electron chi connectivity index (χ0n) is 53.8. The molecule has 2 heterocycles. The van der Waals surface area contributed by atoms with E-state index in [1.165, 1.54) is 24.3 Å². The van der Waals surface area contributed by atoms with Gasteiger partial charge in [-0.3, -0.25) is 52.7 Å². The normalized spacial score (nSPS) is 16.4. The number of alkyl halides is 1. The van der Waals surface area contributed by atoms with Crippen molar-refractivity contribution in [3.05, 3.63) is 138 Å². The van der Waals surface area contributed by atoms with Crippen LogP contribution in [0.25, 0.3) is 10.9 Å². The molecule has 0 radical (unpaired) electrons. The minimum absolute atomic E-state index is 0.0334. The van der Waals surface area contributed by atoms with Crippen LogP contribution >= 0.6 is 0 Å². The number of primary amides is 1. The molecule has 5 aromatic rings. The van der Waals surface area contributed by atoms with E-state index in [0.717, 1.165) is 4.90 Å². The Morgan fingerprint density at radius 1 is 0.562 bits per heavy atom. The molecule has 4 aromatic carbocycles. The maximum Gasteiger partial charge on any atom is 0.326 e. The molecule has 1 aromatic heterocycles. The smallest absolute Gasteiger partial charge is 0.326 e. The number of hydrogen-bond donors (Lipinski definition) is 15. The third-order valence-electron chi connectivity index (χ3n) is 16.1. The van der Waals surface area contributed by atoms with Crippen LogP contribution in [0.15, 0.2) is 115 Å². The van der Waals surface area contributed by atoms with Crippen LogP contribution in [0.4, 0.5) is 4.39 Å². The highest BCUT2D eigenvalue weighted by molar-refractivity contribution is 6.00. The van der Waals surface area contributed by atoms with Gasteiger partial charge in [0.2, 0.25) is 59.1 Å². The number of halogens is 1. The molecule has 0 spiro atoms. The molecule has 1 aliphatic rings. The van der Waals surface area contributed by atoms with Gasteiger partial charge in [0.05, 0.1) is 25.4 Å². The number of carboxylic acid groups (broad SMARTS) is 2. The number of benzene rings is 4. The Balaban J connectivity index is 1.25. The van der Waals surface area contributed by atoms with Gasteiger partial charge in [-0.05, 0) is 78.1 Å². The van der Waals surface area contributed by atoms with Gasteiger partial charge in [-0.1, -0.05) is 119 Å². The summed E-state index contributed by atoms with van der Waals surface area (Å²) in [6.07, 6.45) is -3.58. The van der Waals surface area contributed by atoms with E-state index < -0.39 is 163 Å². The summed E-state index contributed by atoms with van der Waals surface area (Å²) in [5.74, 6) is -13.8. The molecule has 0 saturated carbocycles. The van der Waals surface area contributed by atoms with Crippen molar-refractivity contribution in [3.8, 4) is 5.75 Å². The third kappa shape index (κ3) is 22.5. The Bertz CT molecular complexity index is 3540. The number of aromatic amines is 1. The van der Waals surface area contributed by atoms with Crippen LogP contribution in [-0.4, -0.2) is 176 Å². The number of likely N-dealkylation sites (tertiary alicyclic amines) is 1. The van der Waals surface area contributed by atoms with Gasteiger partial charge in [0, 0.05) is 49.2 Å². The Morgan fingerprint density at radius 2 is 1.03 bits per heavy atom. The highest BCUT2D eigenvalue weighted by Gasteiger charge is 2.44. The maximum atomic E-state index is 16.0. The zero-order valence-corrected chi connectivity index (χ0v) is 53.8. The number of phenolic OH excluding ortho intramolecular Hbond substituents is 1. The fourth-order valence-corrected chi connectivity index (χ4v) is 10.9. The van der Waals surface area contributed by atoms with E-state index in [2.05, 4.69) is 47.5 Å². The lowest BCUT2D eigenvalue weighted by atomic mass is 9.99. The quantitative estimate of drug-likeness (QED) is 0.0254. The lowest BCUT2D eigenvalue weighted by Gasteiger charge is -2.31. The number of H-pyrrole nitrogens is 1. The van der Waals surface area contributed by atoms with E-state index >= 15 is 9.18 Å². The summed E-state index contributed by atoms with van der Waals surface area (Å²) >= 11 is 0. The molecule has 29 heteroatoms. The lowest BCUT2D eigenvalue weighted by Crippen LogP contribution is -2.61. The SMILES string of the molecule is CC(C)C[C@H](NC(=O)[C@H](CCCN)NC(=O)[C@@H](N)C(C)C)C(=O)N[C@@H](Cc1ccc(O)cc1)C(=O)N1CC(F)C[C@H]1C(=O)N[C@@H](Cc1ccccc1)C(=O)N[C@@H](Cc1ccccc1)C(=O)N[C@@H](CC(N)=O)C(=O)N[C@@H](CC(=O)O)C(=O)N[C@@H](Cc1c[nH]c2ccccc12)C(=O)O. The number of carboxylic acids is 2. The van der Waals surface area contributed by atoms with E-state index in [4.69, 9.17) is 17.2 Å². The van der Waals surface area contributed by atoms with Crippen molar-refractivity contribution >= 4 is 81.9 Å². The number of hydrogen-bond acceptors (Lipinski definition) is 15. The summed E-state index contributed by atoms with van der Waals surface area (Å²) in [7, 11) is 0. The number of carbonyl (C=O) groups excluding carboxylic acids is 10. The van der Waals surface area contributed by atoms with Crippen LogP contribution in [-0.2, 0) is 83.2 Å². The molecule has 6 rings (SSSR count). The van der Waals surface area contributed by atoms with Crippen molar-refractivity contribution in [2.24, 2.45) is 29.0 Å². The first-order chi connectivity index (χ1) is 45.6. The fraction of sp³-hybridized carbons (Fsp3) is 0.433. The maximum absolute atomic E-state index is 16.0. The van der Waals surface area contributed by atoms with E-state index in [-0.39, 0.29) is 62.7 Å². The van der Waals surface area contributed by atoms with Gasteiger partial charge < -0.3 is 84.9 Å². The largest absolute Gasteiger partial charge is 0.508 e. The van der Waals surface area contributed by atoms with Crippen LogP contribution in [0.5, 0.6) is 5.75 Å². The van der Waals surface area contributed by atoms with Crippen molar-refractivity contribution in [3.63, 3.8) is 0 Å². The van der Waals surface area contributed by atoms with E-state index in [1.807, 2.05) is 0 Å². The molecule has 0 bridgehead atoms. The number of nitrogens with one attached hydrogen (secondary N) is 9. The summed E-state index contributed by atoms with van der Waals surface area (Å²) < 4.78 is 16.0. The number of aromatic hydroxyl groups is 1. The number of phenols is 1. The molecule has 1 fully saturated rings. The molecule has 11 atom stereocenters. The lowest BCUT2D eigenvalue weighted by molar-refractivity contribution is -0.144. The van der Waals surface area contributed by atoms with Gasteiger partial charge in [0.25, 0.3) is 0 Å². The summed E-state index contributed by atoms with van der Waals surface area (Å²) in [4.78, 5) is 170. The van der Waals surface area contributed by atoms with Gasteiger partial charge in [-0.2, -0.15) is 0 Å². The first kappa shape index (κ1) is 74.7. The minimum atomic E-state index is -1.98. The summed E-state index contributed by atoms with van der Waals surface area (Å²) in [6.45, 7) is 6.55. The summed E-state index contributed by atoms with van der Waals surface area (Å²) in [5, 5.41) is 50.9. The van der Waals surface area contributed by atoms with Crippen molar-refractivity contribution in [2.45, 2.75) is 158 Å². The van der Waals surface area contributed by atoms with Crippen LogP contribution in [0.1, 0.15) is 88.5 Å². The van der Waals surface area contributed by atoms with Crippen molar-refractivity contribution < 1.29 is 77.2 Å². The second-order valence-corrected chi connectivity index (χ2v) is 24.6. The average molecular weight is 1330 g/mol. The number of carbonyl (C=O) groups is 12. The Hall–Kier alpha value is -10.3. The monoisotopic (exact) mass is 1330 g/mol. The second-order valence-electron chi connectivity index (χ2n) is 24.6. The molecule has 96 heavy (non-hydrogen) atoms. The number of aliphatic carboxylic acids is 2. The molecule has 18 N–H and O–H groups in total. The summed E-state index contributed by atoms with van der Waals surface area (Å²) in [5.41, 5.74) is 19.9. The van der Waals surface area contributed by atoms with Gasteiger partial charge in [0.1, 0.15) is 66.3 Å². The highest BCUT2D eigenvalue weighted by atomic mass is 19.1. The Labute approximate surface area is 553 Å². The first-order valence-electron chi connectivity index (χ1n) is 31.6. The molecule has 0 aliphatic carbocycles. The number of fused-ring (bicyclic) bond motifs is 1. The van der Waals surface area contributed by atoms with Gasteiger partial charge in [-0.15, -0.1) is 0 Å². The van der Waals surface area contributed by atoms with Crippen LogP contribution in [0, 0.1) is 11.8 Å². The van der Waals surface area contributed by atoms with E-state index in [0.29, 0.717) is 39.6 Å². The predicted molar refractivity (Wildman–Crippen MR) is 349 cm³/mol. The Kier molecular flexibility index (Phi) is 27.9. The molecular weight excluding hydrogens is 1250 g/mol. The molecule has 1 aliphatic heterocycles. The fourth-order valence-electron chi connectivity index (χ4n) is 10.9. The van der Waals surface area contributed by atoms with E-state index in [9.17, 15) is 68.1 Å². The van der Waals surface area contributed by atoms with Gasteiger partial charge >= 0.3 is 11.9 Å². The second kappa shape index (κ2) is 35.8. The molecule has 28 nitrogen and oxygen atoms in total. The van der Waals surface area contributed by atoms with Crippen LogP contribution in [0.3, 0.4) is 0 Å². The Morgan fingerprint density at radius 3 is 1.58 bits per heavy atom. The number of aromatic nitrogens is 1. The zero-order chi connectivity index (χ0) is 70.3. The standard InChI is InChI=1S/C67H86FN13O15/c1-36(2)26-47(74-58(86)46(20-13-25-69)73-65(93)57(71)37(3)4)59(87)79-52(29-40-21-23-43(82)24-22-40)66(94)81-35-42(68)31-54(81)64(92)78-49(28-39-16-9-6-10-17-39)61(89)75-48(27-38-14-7-5-8-15-38)60(88)76-50(32-55(70)83)62(90)77-51(33-56(84)85)63(91)80-53(67(95)96)30-41-34-72-45-19-12-11-18-44(41)45/h5-12,14-19,21-24,34,36-37,42,46-54,57,72,82H,13,20,25-33,35,69,71H2,1-4H3,(H2,70,83)(H,73,93)(H,74,86)(H,75,89)(H,76,88)(H,77,90)(H,78,92)(H,79,87)(H,80,91)(H,84,85)(H,95,96)/t42?,46-,47-,48-,49-,50-,51-,52-,53-,54-,57-/m0/s1. The van der Waals surface area contributed by atoms with Crippen molar-refractivity contribution in [1.82, 2.24) is 52.4 Å². The first-order valence-corrected chi connectivity index (χ1v) is 31.6. The number of amides is 10.